The maximum atomic E-state index is 12.2. The van der Waals surface area contributed by atoms with Gasteiger partial charge >= 0.3 is 0 Å². The lowest BCUT2D eigenvalue weighted by Gasteiger charge is -2.36. The first-order valence-electron chi connectivity index (χ1n) is 10.7. The van der Waals surface area contributed by atoms with Crippen molar-refractivity contribution in [2.24, 2.45) is 5.92 Å². The maximum Gasteiger partial charge on any atom is 0.236 e. The molecule has 154 valence electrons. The lowest BCUT2D eigenvalue weighted by atomic mass is 9.94. The molecule has 6 nitrogen and oxygen atoms in total. The highest BCUT2D eigenvalue weighted by Gasteiger charge is 2.35. The molecule has 1 aromatic rings. The molecule has 4 aliphatic rings. The predicted molar refractivity (Wildman–Crippen MR) is 112 cm³/mol. The Morgan fingerprint density at radius 3 is 2.75 bits per heavy atom. The molecule has 4 saturated heterocycles. The number of fused-ring (bicyclic) bond motifs is 4. The van der Waals surface area contributed by atoms with Gasteiger partial charge in [-0.05, 0) is 36.5 Å². The Morgan fingerprint density at radius 2 is 1.96 bits per heavy atom. The molecule has 4 heterocycles. The number of rotatable bonds is 5. The van der Waals surface area contributed by atoms with Gasteiger partial charge in [0.2, 0.25) is 5.91 Å². The third-order valence-electron chi connectivity index (χ3n) is 6.43. The van der Waals surface area contributed by atoms with E-state index in [2.05, 4.69) is 39.0 Å². The van der Waals surface area contributed by atoms with E-state index in [9.17, 15) is 4.79 Å². The SMILES string of the molecule is CN(C)C(=O)CN1C[C@@H]2CC[C@H](C1)N(Cc1cccc(N3CCOCC3)c1)C2. The molecule has 0 unspecified atom stereocenters. The van der Waals surface area contributed by atoms with E-state index in [1.54, 1.807) is 4.90 Å². The van der Waals surface area contributed by atoms with Crippen LogP contribution in [0.25, 0.3) is 0 Å². The van der Waals surface area contributed by atoms with Gasteiger partial charge in [-0.1, -0.05) is 12.1 Å². The molecule has 0 spiro atoms. The van der Waals surface area contributed by atoms with Crippen LogP contribution in [0.3, 0.4) is 0 Å². The monoisotopic (exact) mass is 386 g/mol. The van der Waals surface area contributed by atoms with Gasteiger partial charge in [0, 0.05) is 65.1 Å². The molecule has 4 aliphatic heterocycles. The number of benzene rings is 1. The van der Waals surface area contributed by atoms with Crippen molar-refractivity contribution in [3.63, 3.8) is 0 Å². The zero-order chi connectivity index (χ0) is 19.5. The fourth-order valence-electron chi connectivity index (χ4n) is 4.84. The van der Waals surface area contributed by atoms with Gasteiger partial charge in [0.15, 0.2) is 0 Å². The molecular formula is C22H34N4O2. The average molecular weight is 387 g/mol. The lowest BCUT2D eigenvalue weighted by Crippen LogP contribution is -2.44. The summed E-state index contributed by atoms with van der Waals surface area (Å²) < 4.78 is 5.49. The fourth-order valence-corrected chi connectivity index (χ4v) is 4.84. The highest BCUT2D eigenvalue weighted by molar-refractivity contribution is 5.77. The molecule has 0 N–H and O–H groups in total. The Kier molecular flexibility index (Phi) is 6.19. The van der Waals surface area contributed by atoms with Crippen LogP contribution in [-0.4, -0.2) is 93.2 Å². The highest BCUT2D eigenvalue weighted by Crippen LogP contribution is 2.30. The summed E-state index contributed by atoms with van der Waals surface area (Å²) in [6, 6.07) is 9.59. The molecular weight excluding hydrogens is 352 g/mol. The van der Waals surface area contributed by atoms with Crippen molar-refractivity contribution < 1.29 is 9.53 Å². The van der Waals surface area contributed by atoms with E-state index in [1.165, 1.54) is 24.1 Å². The minimum absolute atomic E-state index is 0.214. The molecule has 1 aromatic carbocycles. The van der Waals surface area contributed by atoms with Crippen LogP contribution >= 0.6 is 0 Å². The quantitative estimate of drug-likeness (QED) is 0.767. The summed E-state index contributed by atoms with van der Waals surface area (Å²) in [5, 5.41) is 0. The number of carbonyl (C=O) groups excluding carboxylic acids is 1. The standard InChI is InChI=1S/C22H34N4O2/c1-23(2)22(27)17-24-13-19-6-7-21(16-24)26(15-19)14-18-4-3-5-20(12-18)25-8-10-28-11-9-25/h3-5,12,19,21H,6-11,13-17H2,1-2H3/t19-,21+/m0/s1. The molecule has 0 radical (unpaired) electrons. The average Bonchev–Trinajstić information content (AvgIpc) is 2.99. The predicted octanol–water partition coefficient (Wildman–Crippen LogP) is 1.51. The molecule has 0 saturated carbocycles. The molecule has 1 amide bonds. The summed E-state index contributed by atoms with van der Waals surface area (Å²) in [6.45, 7) is 8.39. The van der Waals surface area contributed by atoms with E-state index in [0.717, 1.165) is 52.5 Å². The van der Waals surface area contributed by atoms with Gasteiger partial charge in [-0.25, -0.2) is 0 Å². The van der Waals surface area contributed by atoms with E-state index in [-0.39, 0.29) is 5.91 Å². The van der Waals surface area contributed by atoms with Crippen molar-refractivity contribution in [1.29, 1.82) is 0 Å². The van der Waals surface area contributed by atoms with Crippen molar-refractivity contribution in [2.45, 2.75) is 25.4 Å². The first-order chi connectivity index (χ1) is 13.6. The summed E-state index contributed by atoms with van der Waals surface area (Å²) >= 11 is 0. The zero-order valence-electron chi connectivity index (χ0n) is 17.3. The molecule has 2 bridgehead atoms. The number of amides is 1. The molecule has 2 atom stereocenters. The fraction of sp³-hybridized carbons (Fsp3) is 0.682. The number of carbonyl (C=O) groups is 1. The van der Waals surface area contributed by atoms with Gasteiger partial charge in [-0.2, -0.15) is 0 Å². The Bertz CT molecular complexity index is 674. The van der Waals surface area contributed by atoms with Crippen LogP contribution in [0.2, 0.25) is 0 Å². The van der Waals surface area contributed by atoms with Gasteiger partial charge in [-0.3, -0.25) is 14.6 Å². The number of anilines is 1. The van der Waals surface area contributed by atoms with Crippen LogP contribution in [0.15, 0.2) is 24.3 Å². The number of likely N-dealkylation sites (N-methyl/N-ethyl adjacent to an activating group) is 1. The van der Waals surface area contributed by atoms with Crippen molar-refractivity contribution in [1.82, 2.24) is 14.7 Å². The molecule has 0 aromatic heterocycles. The van der Waals surface area contributed by atoms with Crippen LogP contribution in [-0.2, 0) is 16.1 Å². The third kappa shape index (κ3) is 4.67. The number of nitrogens with zero attached hydrogens (tertiary/aromatic N) is 4. The number of morpholine rings is 1. The Morgan fingerprint density at radius 1 is 1.14 bits per heavy atom. The number of hydrogen-bond donors (Lipinski definition) is 0. The molecule has 28 heavy (non-hydrogen) atoms. The van der Waals surface area contributed by atoms with Gasteiger partial charge in [0.05, 0.1) is 19.8 Å². The number of hydrogen-bond acceptors (Lipinski definition) is 5. The van der Waals surface area contributed by atoms with E-state index in [1.807, 2.05) is 14.1 Å². The van der Waals surface area contributed by atoms with Crippen LogP contribution in [0.4, 0.5) is 5.69 Å². The first-order valence-corrected chi connectivity index (χ1v) is 10.7. The van der Waals surface area contributed by atoms with Crippen molar-refractivity contribution in [2.75, 3.05) is 71.5 Å². The minimum atomic E-state index is 0.214. The zero-order valence-corrected chi connectivity index (χ0v) is 17.3. The highest BCUT2D eigenvalue weighted by atomic mass is 16.5. The molecule has 4 fully saturated rings. The van der Waals surface area contributed by atoms with Gasteiger partial charge in [-0.15, -0.1) is 0 Å². The first kappa shape index (κ1) is 19.7. The Labute approximate surface area is 169 Å². The Balaban J connectivity index is 1.41. The van der Waals surface area contributed by atoms with E-state index < -0.39 is 0 Å². The van der Waals surface area contributed by atoms with Crippen LogP contribution in [0.5, 0.6) is 0 Å². The second-order valence-corrected chi connectivity index (χ2v) is 8.78. The maximum absolute atomic E-state index is 12.2. The van der Waals surface area contributed by atoms with E-state index in [4.69, 9.17) is 4.74 Å². The largest absolute Gasteiger partial charge is 0.378 e. The molecule has 6 heteroatoms. The topological polar surface area (TPSA) is 39.3 Å². The Hall–Kier alpha value is -1.63. The summed E-state index contributed by atoms with van der Waals surface area (Å²) in [4.78, 5) is 21.4. The van der Waals surface area contributed by atoms with Gasteiger partial charge in [0.1, 0.15) is 0 Å². The van der Waals surface area contributed by atoms with Crippen molar-refractivity contribution in [3.8, 4) is 0 Å². The van der Waals surface area contributed by atoms with E-state index >= 15 is 0 Å². The second kappa shape index (κ2) is 8.80. The summed E-state index contributed by atoms with van der Waals surface area (Å²) in [6.07, 6.45) is 2.54. The van der Waals surface area contributed by atoms with Crippen LogP contribution in [0.1, 0.15) is 18.4 Å². The van der Waals surface area contributed by atoms with Gasteiger partial charge in [0.25, 0.3) is 0 Å². The smallest absolute Gasteiger partial charge is 0.236 e. The number of ether oxygens (including phenoxy) is 1. The van der Waals surface area contributed by atoms with Gasteiger partial charge < -0.3 is 14.5 Å². The summed E-state index contributed by atoms with van der Waals surface area (Å²) in [7, 11) is 3.70. The molecule has 0 aliphatic carbocycles. The van der Waals surface area contributed by atoms with Crippen molar-refractivity contribution in [3.05, 3.63) is 29.8 Å². The second-order valence-electron chi connectivity index (χ2n) is 8.78. The summed E-state index contributed by atoms with van der Waals surface area (Å²) in [5.74, 6) is 0.891. The normalized spacial score (nSPS) is 26.3. The number of piperidine rings is 1. The van der Waals surface area contributed by atoms with Crippen LogP contribution < -0.4 is 4.90 Å². The molecule has 5 rings (SSSR count). The van der Waals surface area contributed by atoms with Crippen LogP contribution in [0, 0.1) is 5.92 Å². The minimum Gasteiger partial charge on any atom is -0.378 e. The lowest BCUT2D eigenvalue weighted by molar-refractivity contribution is -0.130. The summed E-state index contributed by atoms with van der Waals surface area (Å²) in [5.41, 5.74) is 2.71. The third-order valence-corrected chi connectivity index (χ3v) is 6.43. The van der Waals surface area contributed by atoms with Crippen molar-refractivity contribution >= 4 is 11.6 Å². The van der Waals surface area contributed by atoms with E-state index in [0.29, 0.717) is 18.5 Å².